The number of carbonyl (C=O) groups is 1. The number of aryl methyl sites for hydroxylation is 2. The zero-order valence-corrected chi connectivity index (χ0v) is 18.8. The van der Waals surface area contributed by atoms with Crippen molar-refractivity contribution in [3.8, 4) is 5.75 Å². The Balaban J connectivity index is 1.65. The van der Waals surface area contributed by atoms with Gasteiger partial charge in [-0.15, -0.1) is 0 Å². The van der Waals surface area contributed by atoms with Crippen LogP contribution in [0.25, 0.3) is 0 Å². The van der Waals surface area contributed by atoms with Gasteiger partial charge in [0, 0.05) is 15.9 Å². The maximum Gasteiger partial charge on any atom is 0.240 e. The van der Waals surface area contributed by atoms with Crippen LogP contribution < -0.4 is 15.5 Å². The van der Waals surface area contributed by atoms with Crippen molar-refractivity contribution in [1.29, 1.82) is 0 Å². The standard InChI is InChI=1S/C22H22BrN3O2S/c1-13-12-16(7-10-18(13)23)24-22(27)21-20(15-5-8-17(28-3)9-6-15)25-26-14(2)4-11-19(26)29-21/h4-12,20-21,25H,1-3H3,(H,24,27)/t20-,21-/m1/s1. The molecule has 0 saturated heterocycles. The maximum absolute atomic E-state index is 13.3. The van der Waals surface area contributed by atoms with E-state index in [0.717, 1.165) is 37.8 Å². The molecule has 150 valence electrons. The van der Waals surface area contributed by atoms with E-state index >= 15 is 0 Å². The largest absolute Gasteiger partial charge is 0.497 e. The topological polar surface area (TPSA) is 55.3 Å². The van der Waals surface area contributed by atoms with Crippen molar-refractivity contribution < 1.29 is 9.53 Å². The lowest BCUT2D eigenvalue weighted by molar-refractivity contribution is -0.116. The fourth-order valence-electron chi connectivity index (χ4n) is 3.38. The number of methoxy groups -OCH3 is 1. The summed E-state index contributed by atoms with van der Waals surface area (Å²) in [4.78, 5) is 13.3. The van der Waals surface area contributed by atoms with Gasteiger partial charge < -0.3 is 15.5 Å². The quantitative estimate of drug-likeness (QED) is 0.543. The van der Waals surface area contributed by atoms with Crippen LogP contribution in [0.3, 0.4) is 0 Å². The number of hydrogen-bond acceptors (Lipinski definition) is 4. The number of rotatable bonds is 4. The Morgan fingerprint density at radius 2 is 1.90 bits per heavy atom. The first kappa shape index (κ1) is 19.9. The Hall–Kier alpha value is -2.38. The first-order valence-corrected chi connectivity index (χ1v) is 11.0. The van der Waals surface area contributed by atoms with Gasteiger partial charge in [0.2, 0.25) is 5.91 Å². The van der Waals surface area contributed by atoms with Gasteiger partial charge in [-0.25, -0.2) is 0 Å². The van der Waals surface area contributed by atoms with E-state index in [-0.39, 0.29) is 17.2 Å². The fourth-order valence-corrected chi connectivity index (χ4v) is 4.85. The lowest BCUT2D eigenvalue weighted by Crippen LogP contribution is -2.41. The number of fused-ring (bicyclic) bond motifs is 1. The van der Waals surface area contributed by atoms with Crippen molar-refractivity contribution >= 4 is 39.3 Å². The molecule has 0 saturated carbocycles. The average molecular weight is 472 g/mol. The Morgan fingerprint density at radius 3 is 2.59 bits per heavy atom. The van der Waals surface area contributed by atoms with Crippen molar-refractivity contribution in [3.63, 3.8) is 0 Å². The van der Waals surface area contributed by atoms with Crippen molar-refractivity contribution in [1.82, 2.24) is 4.68 Å². The van der Waals surface area contributed by atoms with E-state index in [0.29, 0.717) is 0 Å². The summed E-state index contributed by atoms with van der Waals surface area (Å²) in [6.45, 7) is 4.06. The van der Waals surface area contributed by atoms with Crippen LogP contribution in [0.5, 0.6) is 5.75 Å². The normalized spacial score (nSPS) is 17.9. The molecule has 2 heterocycles. The van der Waals surface area contributed by atoms with Gasteiger partial charge >= 0.3 is 0 Å². The van der Waals surface area contributed by atoms with Gasteiger partial charge in [-0.05, 0) is 67.4 Å². The smallest absolute Gasteiger partial charge is 0.240 e. The van der Waals surface area contributed by atoms with E-state index in [9.17, 15) is 4.79 Å². The van der Waals surface area contributed by atoms with Crippen molar-refractivity contribution in [2.75, 3.05) is 17.9 Å². The summed E-state index contributed by atoms with van der Waals surface area (Å²) < 4.78 is 8.35. The minimum absolute atomic E-state index is 0.0323. The van der Waals surface area contributed by atoms with Crippen LogP contribution in [0.2, 0.25) is 0 Å². The van der Waals surface area contributed by atoms with Gasteiger partial charge in [0.25, 0.3) is 0 Å². The molecule has 0 bridgehead atoms. The number of halogens is 1. The molecule has 0 fully saturated rings. The Bertz CT molecular complexity index is 1050. The number of hydrogen-bond donors (Lipinski definition) is 2. The molecule has 0 unspecified atom stereocenters. The molecule has 29 heavy (non-hydrogen) atoms. The van der Waals surface area contributed by atoms with Gasteiger partial charge in [-0.2, -0.15) is 0 Å². The summed E-state index contributed by atoms with van der Waals surface area (Å²) in [5.41, 5.74) is 7.53. The second-order valence-electron chi connectivity index (χ2n) is 7.02. The summed E-state index contributed by atoms with van der Waals surface area (Å²) in [5.74, 6) is 0.761. The predicted octanol–water partition coefficient (Wildman–Crippen LogP) is 5.27. The number of nitrogens with one attached hydrogen (secondary N) is 2. The molecule has 2 atom stereocenters. The van der Waals surface area contributed by atoms with Crippen LogP contribution in [0.1, 0.15) is 22.9 Å². The minimum atomic E-state index is -0.325. The van der Waals surface area contributed by atoms with Crippen LogP contribution >= 0.6 is 27.7 Å². The Kier molecular flexibility index (Phi) is 5.61. The molecule has 3 aromatic rings. The van der Waals surface area contributed by atoms with Crippen LogP contribution in [0.15, 0.2) is 64.1 Å². The third-order valence-electron chi connectivity index (χ3n) is 5.02. The Morgan fingerprint density at radius 1 is 1.14 bits per heavy atom. The predicted molar refractivity (Wildman–Crippen MR) is 121 cm³/mol. The molecule has 0 radical (unpaired) electrons. The van der Waals surface area contributed by atoms with Crippen molar-refractivity contribution in [2.45, 2.75) is 30.2 Å². The van der Waals surface area contributed by atoms with E-state index < -0.39 is 0 Å². The highest BCUT2D eigenvalue weighted by atomic mass is 79.9. The minimum Gasteiger partial charge on any atom is -0.497 e. The third kappa shape index (κ3) is 4.02. The zero-order valence-electron chi connectivity index (χ0n) is 16.4. The number of aromatic nitrogens is 1. The van der Waals surface area contributed by atoms with Crippen LogP contribution in [-0.4, -0.2) is 22.9 Å². The molecule has 1 aromatic heterocycles. The number of ether oxygens (including phenoxy) is 1. The molecule has 0 aliphatic carbocycles. The molecule has 2 N–H and O–H groups in total. The highest BCUT2D eigenvalue weighted by molar-refractivity contribution is 9.10. The summed E-state index contributed by atoms with van der Waals surface area (Å²) in [5, 5.41) is 3.79. The van der Waals surface area contributed by atoms with Gasteiger partial charge in [-0.1, -0.05) is 39.8 Å². The summed E-state index contributed by atoms with van der Waals surface area (Å²) in [7, 11) is 1.65. The van der Waals surface area contributed by atoms with E-state index in [1.54, 1.807) is 18.9 Å². The zero-order chi connectivity index (χ0) is 20.5. The van der Waals surface area contributed by atoms with E-state index in [1.807, 2.05) is 67.1 Å². The highest BCUT2D eigenvalue weighted by Gasteiger charge is 2.36. The molecule has 2 aromatic carbocycles. The first-order valence-electron chi connectivity index (χ1n) is 9.29. The van der Waals surface area contributed by atoms with Gasteiger partial charge in [-0.3, -0.25) is 9.47 Å². The maximum atomic E-state index is 13.3. The summed E-state index contributed by atoms with van der Waals surface area (Å²) in [6, 6.07) is 17.6. The van der Waals surface area contributed by atoms with E-state index in [4.69, 9.17) is 4.74 Å². The first-order chi connectivity index (χ1) is 14.0. The number of amides is 1. The molecule has 5 nitrogen and oxygen atoms in total. The van der Waals surface area contributed by atoms with Crippen LogP contribution in [0.4, 0.5) is 5.69 Å². The summed E-state index contributed by atoms with van der Waals surface area (Å²) >= 11 is 5.08. The molecule has 1 amide bonds. The summed E-state index contributed by atoms with van der Waals surface area (Å²) in [6.07, 6.45) is 0. The SMILES string of the molecule is COc1ccc([C@H]2Nn3c(C)ccc3S[C@H]2C(=O)Nc2ccc(Br)c(C)c2)cc1. The number of thioether (sulfide) groups is 1. The number of carbonyl (C=O) groups excluding carboxylic acids is 1. The van der Waals surface area contributed by atoms with Crippen molar-refractivity contribution in [2.24, 2.45) is 0 Å². The lowest BCUT2D eigenvalue weighted by atomic mass is 10.0. The lowest BCUT2D eigenvalue weighted by Gasteiger charge is -2.34. The second kappa shape index (κ2) is 8.16. The van der Waals surface area contributed by atoms with Gasteiger partial charge in [0.05, 0.1) is 18.2 Å². The monoisotopic (exact) mass is 471 g/mol. The fraction of sp³-hybridized carbons (Fsp3) is 0.227. The Labute approximate surface area is 182 Å². The highest BCUT2D eigenvalue weighted by Crippen LogP contribution is 2.39. The molecule has 7 heteroatoms. The average Bonchev–Trinajstić information content (AvgIpc) is 3.10. The third-order valence-corrected chi connectivity index (χ3v) is 7.21. The second-order valence-corrected chi connectivity index (χ2v) is 9.04. The number of anilines is 1. The molecule has 4 rings (SSSR count). The van der Waals surface area contributed by atoms with Crippen molar-refractivity contribution in [3.05, 3.63) is 75.9 Å². The van der Waals surface area contributed by atoms with E-state index in [2.05, 4.69) is 32.7 Å². The van der Waals surface area contributed by atoms with Gasteiger partial charge in [0.1, 0.15) is 11.0 Å². The molecule has 1 aliphatic heterocycles. The number of benzene rings is 2. The number of nitrogens with zero attached hydrogens (tertiary/aromatic N) is 1. The van der Waals surface area contributed by atoms with Gasteiger partial charge in [0.15, 0.2) is 0 Å². The van der Waals surface area contributed by atoms with E-state index in [1.165, 1.54) is 0 Å². The van der Waals surface area contributed by atoms with Crippen LogP contribution in [0, 0.1) is 13.8 Å². The molecular formula is C22H22BrN3O2S. The molecule has 1 aliphatic rings. The molecular weight excluding hydrogens is 450 g/mol. The molecule has 0 spiro atoms. The van der Waals surface area contributed by atoms with Crippen LogP contribution in [-0.2, 0) is 4.79 Å².